The summed E-state index contributed by atoms with van der Waals surface area (Å²) in [7, 11) is 0. The zero-order chi connectivity index (χ0) is 13.7. The third kappa shape index (κ3) is 4.10. The summed E-state index contributed by atoms with van der Waals surface area (Å²) in [5, 5.41) is 12.3. The van der Waals surface area contributed by atoms with Crippen molar-refractivity contribution in [1.29, 1.82) is 0 Å². The SMILES string of the molecule is CC(NC(=O)N1CCC(CO)CC1)C1CCCCC1. The maximum absolute atomic E-state index is 12.2. The molecule has 0 radical (unpaired) electrons. The molecular weight excluding hydrogens is 240 g/mol. The van der Waals surface area contributed by atoms with Crippen molar-refractivity contribution >= 4 is 6.03 Å². The molecule has 110 valence electrons. The van der Waals surface area contributed by atoms with Gasteiger partial charge in [-0.3, -0.25) is 0 Å². The number of nitrogens with zero attached hydrogens (tertiary/aromatic N) is 1. The number of piperidine rings is 1. The molecule has 2 aliphatic rings. The Labute approximate surface area is 116 Å². The quantitative estimate of drug-likeness (QED) is 0.825. The van der Waals surface area contributed by atoms with Gasteiger partial charge in [-0.05, 0) is 44.4 Å². The monoisotopic (exact) mass is 268 g/mol. The maximum atomic E-state index is 12.2. The highest BCUT2D eigenvalue weighted by molar-refractivity contribution is 5.74. The van der Waals surface area contributed by atoms with Gasteiger partial charge < -0.3 is 15.3 Å². The number of urea groups is 1. The summed E-state index contributed by atoms with van der Waals surface area (Å²) in [6.45, 7) is 3.98. The number of carbonyl (C=O) groups excluding carboxylic acids is 1. The van der Waals surface area contributed by atoms with Gasteiger partial charge in [0.2, 0.25) is 0 Å². The van der Waals surface area contributed by atoms with E-state index in [-0.39, 0.29) is 12.6 Å². The molecule has 2 rings (SSSR count). The van der Waals surface area contributed by atoms with E-state index >= 15 is 0 Å². The van der Waals surface area contributed by atoms with Crippen LogP contribution in [0.15, 0.2) is 0 Å². The normalized spacial score (nSPS) is 24.2. The summed E-state index contributed by atoms with van der Waals surface area (Å²) >= 11 is 0. The highest BCUT2D eigenvalue weighted by Crippen LogP contribution is 2.26. The highest BCUT2D eigenvalue weighted by Gasteiger charge is 2.26. The zero-order valence-electron chi connectivity index (χ0n) is 12.1. The van der Waals surface area contributed by atoms with Gasteiger partial charge in [0, 0.05) is 25.7 Å². The molecule has 2 N–H and O–H groups in total. The summed E-state index contributed by atoms with van der Waals surface area (Å²) in [5.74, 6) is 1.05. The first-order valence-corrected chi connectivity index (χ1v) is 7.87. The number of hydrogen-bond donors (Lipinski definition) is 2. The van der Waals surface area contributed by atoms with Crippen molar-refractivity contribution < 1.29 is 9.90 Å². The number of likely N-dealkylation sites (tertiary alicyclic amines) is 1. The number of rotatable bonds is 3. The second-order valence-electron chi connectivity index (χ2n) is 6.25. The van der Waals surface area contributed by atoms with E-state index in [0.29, 0.717) is 17.9 Å². The van der Waals surface area contributed by atoms with Crippen molar-refractivity contribution in [3.8, 4) is 0 Å². The van der Waals surface area contributed by atoms with E-state index in [0.717, 1.165) is 25.9 Å². The first-order valence-electron chi connectivity index (χ1n) is 7.87. The van der Waals surface area contributed by atoms with E-state index in [1.54, 1.807) is 0 Å². The Bertz CT molecular complexity index is 282. The van der Waals surface area contributed by atoms with Crippen molar-refractivity contribution in [1.82, 2.24) is 10.2 Å². The van der Waals surface area contributed by atoms with Gasteiger partial charge in [0.05, 0.1) is 0 Å². The van der Waals surface area contributed by atoms with Crippen LogP contribution >= 0.6 is 0 Å². The molecule has 0 aromatic heterocycles. The van der Waals surface area contributed by atoms with Gasteiger partial charge in [0.1, 0.15) is 0 Å². The molecule has 4 heteroatoms. The van der Waals surface area contributed by atoms with Crippen LogP contribution in [0.4, 0.5) is 4.79 Å². The molecule has 4 nitrogen and oxygen atoms in total. The fourth-order valence-electron chi connectivity index (χ4n) is 3.36. The average Bonchev–Trinajstić information content (AvgIpc) is 2.48. The summed E-state index contributed by atoms with van der Waals surface area (Å²) in [4.78, 5) is 14.1. The van der Waals surface area contributed by atoms with E-state index in [2.05, 4.69) is 12.2 Å². The summed E-state index contributed by atoms with van der Waals surface area (Å²) in [5.41, 5.74) is 0. The van der Waals surface area contributed by atoms with Crippen molar-refractivity contribution in [2.45, 2.75) is 57.9 Å². The van der Waals surface area contributed by atoms with Crippen LogP contribution in [0.5, 0.6) is 0 Å². The molecule has 1 atom stereocenters. The molecule has 0 bridgehead atoms. The molecule has 1 aliphatic carbocycles. The lowest BCUT2D eigenvalue weighted by Crippen LogP contribution is -2.49. The molecule has 2 amide bonds. The highest BCUT2D eigenvalue weighted by atomic mass is 16.3. The van der Waals surface area contributed by atoms with Crippen molar-refractivity contribution in [3.05, 3.63) is 0 Å². The van der Waals surface area contributed by atoms with Crippen LogP contribution in [0.1, 0.15) is 51.9 Å². The lowest BCUT2D eigenvalue weighted by Gasteiger charge is -2.34. The Kier molecular flexibility index (Phi) is 5.49. The lowest BCUT2D eigenvalue weighted by molar-refractivity contribution is 0.133. The van der Waals surface area contributed by atoms with Crippen LogP contribution in [0, 0.1) is 11.8 Å². The molecule has 0 aromatic carbocycles. The molecule has 1 unspecified atom stereocenters. The van der Waals surface area contributed by atoms with E-state index in [1.165, 1.54) is 32.1 Å². The lowest BCUT2D eigenvalue weighted by atomic mass is 9.84. The molecule has 19 heavy (non-hydrogen) atoms. The van der Waals surface area contributed by atoms with Gasteiger partial charge in [-0.2, -0.15) is 0 Å². The zero-order valence-corrected chi connectivity index (χ0v) is 12.1. The predicted octanol–water partition coefficient (Wildman–Crippen LogP) is 2.37. The van der Waals surface area contributed by atoms with Crippen LogP contribution in [-0.2, 0) is 0 Å². The Morgan fingerprint density at radius 3 is 2.42 bits per heavy atom. The molecule has 2 fully saturated rings. The van der Waals surface area contributed by atoms with Crippen molar-refractivity contribution in [2.75, 3.05) is 19.7 Å². The average molecular weight is 268 g/mol. The largest absolute Gasteiger partial charge is 0.396 e. The van der Waals surface area contributed by atoms with Crippen LogP contribution in [-0.4, -0.2) is 41.8 Å². The molecule has 1 aliphatic heterocycles. The van der Waals surface area contributed by atoms with Crippen LogP contribution in [0.2, 0.25) is 0 Å². The summed E-state index contributed by atoms with van der Waals surface area (Å²) < 4.78 is 0. The Morgan fingerprint density at radius 1 is 1.21 bits per heavy atom. The van der Waals surface area contributed by atoms with Gasteiger partial charge in [-0.1, -0.05) is 19.3 Å². The molecule has 1 heterocycles. The number of nitrogens with one attached hydrogen (secondary N) is 1. The summed E-state index contributed by atoms with van der Waals surface area (Å²) in [6.07, 6.45) is 8.36. The number of aliphatic hydroxyl groups excluding tert-OH is 1. The first kappa shape index (κ1) is 14.6. The Hall–Kier alpha value is -0.770. The number of amides is 2. The number of carbonyl (C=O) groups is 1. The minimum Gasteiger partial charge on any atom is -0.396 e. The Balaban J connectivity index is 1.74. The van der Waals surface area contributed by atoms with Gasteiger partial charge in [0.25, 0.3) is 0 Å². The minimum atomic E-state index is 0.0921. The van der Waals surface area contributed by atoms with Gasteiger partial charge >= 0.3 is 6.03 Å². The Morgan fingerprint density at radius 2 is 1.84 bits per heavy atom. The fraction of sp³-hybridized carbons (Fsp3) is 0.933. The topological polar surface area (TPSA) is 52.6 Å². The number of aliphatic hydroxyl groups is 1. The number of hydrogen-bond acceptors (Lipinski definition) is 2. The fourth-order valence-corrected chi connectivity index (χ4v) is 3.36. The third-order valence-corrected chi connectivity index (χ3v) is 4.87. The van der Waals surface area contributed by atoms with Crippen LogP contribution in [0.3, 0.4) is 0 Å². The van der Waals surface area contributed by atoms with E-state index in [4.69, 9.17) is 5.11 Å². The van der Waals surface area contributed by atoms with Crippen LogP contribution in [0.25, 0.3) is 0 Å². The predicted molar refractivity (Wildman–Crippen MR) is 76.0 cm³/mol. The maximum Gasteiger partial charge on any atom is 0.317 e. The first-order chi connectivity index (χ1) is 9.20. The second-order valence-corrected chi connectivity index (χ2v) is 6.25. The second kappa shape index (κ2) is 7.13. The van der Waals surface area contributed by atoms with Crippen molar-refractivity contribution in [3.63, 3.8) is 0 Å². The molecule has 1 saturated carbocycles. The minimum absolute atomic E-state index is 0.0921. The van der Waals surface area contributed by atoms with E-state index in [1.807, 2.05) is 4.90 Å². The van der Waals surface area contributed by atoms with Gasteiger partial charge in [0.15, 0.2) is 0 Å². The van der Waals surface area contributed by atoms with E-state index < -0.39 is 0 Å². The molecule has 0 spiro atoms. The smallest absolute Gasteiger partial charge is 0.317 e. The van der Waals surface area contributed by atoms with Gasteiger partial charge in [-0.25, -0.2) is 4.79 Å². The van der Waals surface area contributed by atoms with Crippen molar-refractivity contribution in [2.24, 2.45) is 11.8 Å². The van der Waals surface area contributed by atoms with Gasteiger partial charge in [-0.15, -0.1) is 0 Å². The molecular formula is C15H28N2O2. The summed E-state index contributed by atoms with van der Waals surface area (Å²) in [6, 6.07) is 0.387. The molecule has 1 saturated heterocycles. The third-order valence-electron chi connectivity index (χ3n) is 4.87. The van der Waals surface area contributed by atoms with Crippen LogP contribution < -0.4 is 5.32 Å². The standard InChI is InChI=1S/C15H28N2O2/c1-12(14-5-3-2-4-6-14)16-15(19)17-9-7-13(11-18)8-10-17/h12-14,18H,2-11H2,1H3,(H,16,19). The van der Waals surface area contributed by atoms with E-state index in [9.17, 15) is 4.79 Å². The molecule has 0 aromatic rings.